The van der Waals surface area contributed by atoms with E-state index in [0.717, 1.165) is 0 Å². The highest BCUT2D eigenvalue weighted by Gasteiger charge is 2.39. The number of aromatic nitrogens is 5. The fraction of sp³-hybridized carbons (Fsp3) is 0.524. The molecule has 8 nitrogen and oxygen atoms in total. The monoisotopic (exact) mass is 432 g/mol. The van der Waals surface area contributed by atoms with Crippen molar-refractivity contribution in [3.05, 3.63) is 47.7 Å². The number of imidazole rings is 1. The second-order valence-corrected chi connectivity index (χ2v) is 8.39. The average molecular weight is 432 g/mol. The molecule has 0 aromatic carbocycles. The molecule has 1 aliphatic carbocycles. The number of rotatable bonds is 6. The van der Waals surface area contributed by atoms with Crippen LogP contribution in [0, 0.1) is 5.92 Å². The first-order valence-corrected chi connectivity index (χ1v) is 10.4. The van der Waals surface area contributed by atoms with E-state index in [1.807, 2.05) is 13.8 Å². The molecule has 1 aliphatic rings. The highest BCUT2D eigenvalue weighted by atomic mass is 19.3. The molecule has 0 radical (unpaired) electrons. The second kappa shape index (κ2) is 8.33. The summed E-state index contributed by atoms with van der Waals surface area (Å²) in [6, 6.07) is 2.80. The molecule has 1 fully saturated rings. The Kier molecular flexibility index (Phi) is 5.74. The van der Waals surface area contributed by atoms with E-state index in [1.165, 1.54) is 6.20 Å². The van der Waals surface area contributed by atoms with Crippen molar-refractivity contribution in [2.24, 2.45) is 5.92 Å². The van der Waals surface area contributed by atoms with Crippen molar-refractivity contribution in [3.8, 4) is 0 Å². The molecular weight excluding hydrogens is 406 g/mol. The highest BCUT2D eigenvalue weighted by molar-refractivity contribution is 5.92. The SMILES string of the molecule is CC(C)n1nccc1C(=O)NC(c1cn2ncc(CO)cc2n1)C1CCC(F)(F)CC1. The van der Waals surface area contributed by atoms with Gasteiger partial charge in [-0.2, -0.15) is 10.2 Å². The molecule has 1 saturated carbocycles. The standard InChI is InChI=1S/C21H26F2N6O2/c1-13(2)29-17(5-8-24-29)20(31)27-19(15-3-6-21(22,23)7-4-15)16-11-28-18(26-16)9-14(12-30)10-25-28/h5,8-11,13,15,19,30H,3-4,6-7,12H2,1-2H3,(H,27,31). The number of hydrogen-bond donors (Lipinski definition) is 2. The average Bonchev–Trinajstić information content (AvgIpc) is 3.38. The van der Waals surface area contributed by atoms with E-state index in [2.05, 4.69) is 20.5 Å². The summed E-state index contributed by atoms with van der Waals surface area (Å²) in [7, 11) is 0. The van der Waals surface area contributed by atoms with Gasteiger partial charge in [-0.3, -0.25) is 9.48 Å². The molecule has 166 valence electrons. The van der Waals surface area contributed by atoms with Crippen LogP contribution in [0.1, 0.15) is 73.4 Å². The van der Waals surface area contributed by atoms with E-state index in [1.54, 1.807) is 33.7 Å². The Labute approximate surface area is 178 Å². The van der Waals surface area contributed by atoms with Gasteiger partial charge in [0.2, 0.25) is 5.92 Å². The minimum atomic E-state index is -2.67. The molecule has 3 heterocycles. The third kappa shape index (κ3) is 4.43. The first kappa shape index (κ1) is 21.4. The topological polar surface area (TPSA) is 97.3 Å². The quantitative estimate of drug-likeness (QED) is 0.623. The van der Waals surface area contributed by atoms with Crippen LogP contribution in [0.15, 0.2) is 30.7 Å². The molecule has 10 heteroatoms. The second-order valence-electron chi connectivity index (χ2n) is 8.39. The zero-order valence-electron chi connectivity index (χ0n) is 17.5. The van der Waals surface area contributed by atoms with E-state index in [9.17, 15) is 18.7 Å². The maximum atomic E-state index is 13.8. The van der Waals surface area contributed by atoms with Crippen LogP contribution >= 0.6 is 0 Å². The highest BCUT2D eigenvalue weighted by Crippen LogP contribution is 2.41. The minimum absolute atomic E-state index is 0.00105. The maximum Gasteiger partial charge on any atom is 0.270 e. The normalized spacial score (nSPS) is 17.9. The molecule has 0 saturated heterocycles. The zero-order chi connectivity index (χ0) is 22.2. The van der Waals surface area contributed by atoms with Gasteiger partial charge in [0, 0.05) is 30.6 Å². The number of fused-ring (bicyclic) bond motifs is 1. The molecule has 3 aromatic rings. The molecule has 4 rings (SSSR count). The summed E-state index contributed by atoms with van der Waals surface area (Å²) in [6.45, 7) is 3.69. The lowest BCUT2D eigenvalue weighted by Gasteiger charge is -2.33. The van der Waals surface area contributed by atoms with Crippen molar-refractivity contribution < 1.29 is 18.7 Å². The number of nitrogens with zero attached hydrogens (tertiary/aromatic N) is 5. The summed E-state index contributed by atoms with van der Waals surface area (Å²) in [4.78, 5) is 17.7. The predicted octanol–water partition coefficient (Wildman–Crippen LogP) is 3.30. The van der Waals surface area contributed by atoms with Crippen molar-refractivity contribution in [2.75, 3.05) is 0 Å². The number of halogens is 2. The Bertz CT molecular complexity index is 1070. The summed E-state index contributed by atoms with van der Waals surface area (Å²) < 4.78 is 30.7. The third-order valence-corrected chi connectivity index (χ3v) is 5.81. The van der Waals surface area contributed by atoms with E-state index in [0.29, 0.717) is 22.6 Å². The van der Waals surface area contributed by atoms with E-state index in [-0.39, 0.29) is 50.2 Å². The predicted molar refractivity (Wildman–Crippen MR) is 109 cm³/mol. The Balaban J connectivity index is 1.66. The minimum Gasteiger partial charge on any atom is -0.392 e. The van der Waals surface area contributed by atoms with E-state index >= 15 is 0 Å². The largest absolute Gasteiger partial charge is 0.392 e. The molecule has 1 amide bonds. The van der Waals surface area contributed by atoms with Crippen molar-refractivity contribution in [1.82, 2.24) is 29.7 Å². The summed E-state index contributed by atoms with van der Waals surface area (Å²) in [5, 5.41) is 20.8. The van der Waals surface area contributed by atoms with E-state index in [4.69, 9.17) is 0 Å². The Morgan fingerprint density at radius 2 is 2.06 bits per heavy atom. The zero-order valence-corrected chi connectivity index (χ0v) is 17.5. The van der Waals surface area contributed by atoms with Gasteiger partial charge < -0.3 is 10.4 Å². The van der Waals surface area contributed by atoms with Gasteiger partial charge in [0.25, 0.3) is 5.91 Å². The van der Waals surface area contributed by atoms with Gasteiger partial charge in [-0.1, -0.05) is 0 Å². The van der Waals surface area contributed by atoms with Crippen molar-refractivity contribution in [1.29, 1.82) is 0 Å². The number of carbonyl (C=O) groups excluding carboxylic acids is 1. The molecular formula is C21H26F2N6O2. The van der Waals surface area contributed by atoms with Gasteiger partial charge in [-0.25, -0.2) is 18.3 Å². The number of aliphatic hydroxyl groups is 1. The van der Waals surface area contributed by atoms with Gasteiger partial charge in [-0.05, 0) is 44.7 Å². The summed E-state index contributed by atoms with van der Waals surface area (Å²) >= 11 is 0. The first-order chi connectivity index (χ1) is 14.8. The van der Waals surface area contributed by atoms with Crippen LogP contribution in [0.5, 0.6) is 0 Å². The van der Waals surface area contributed by atoms with Crippen LogP contribution in [-0.4, -0.2) is 41.3 Å². The number of alkyl halides is 2. The lowest BCUT2D eigenvalue weighted by Crippen LogP contribution is -2.38. The number of nitrogens with one attached hydrogen (secondary N) is 1. The van der Waals surface area contributed by atoms with Crippen LogP contribution in [0.3, 0.4) is 0 Å². The summed E-state index contributed by atoms with van der Waals surface area (Å²) in [5.41, 5.74) is 2.10. The molecule has 0 spiro atoms. The fourth-order valence-electron chi connectivity index (χ4n) is 4.12. The first-order valence-electron chi connectivity index (χ1n) is 10.4. The van der Waals surface area contributed by atoms with Crippen LogP contribution in [0.25, 0.3) is 5.65 Å². The van der Waals surface area contributed by atoms with E-state index < -0.39 is 12.0 Å². The van der Waals surface area contributed by atoms with Gasteiger partial charge in [0.05, 0.1) is 30.7 Å². The fourth-order valence-corrected chi connectivity index (χ4v) is 4.12. The lowest BCUT2D eigenvalue weighted by atomic mass is 9.81. The number of amides is 1. The third-order valence-electron chi connectivity index (χ3n) is 5.81. The van der Waals surface area contributed by atoms with Crippen molar-refractivity contribution in [2.45, 2.75) is 64.1 Å². The van der Waals surface area contributed by atoms with Gasteiger partial charge in [-0.15, -0.1) is 0 Å². The molecule has 0 aliphatic heterocycles. The van der Waals surface area contributed by atoms with Gasteiger partial charge in [0.15, 0.2) is 5.65 Å². The molecule has 1 atom stereocenters. The number of carbonyl (C=O) groups is 1. The van der Waals surface area contributed by atoms with Crippen LogP contribution in [-0.2, 0) is 6.61 Å². The van der Waals surface area contributed by atoms with Crippen LogP contribution in [0.4, 0.5) is 8.78 Å². The van der Waals surface area contributed by atoms with Gasteiger partial charge in [0.1, 0.15) is 5.69 Å². The molecule has 1 unspecified atom stereocenters. The van der Waals surface area contributed by atoms with Crippen LogP contribution in [0.2, 0.25) is 0 Å². The maximum absolute atomic E-state index is 13.8. The van der Waals surface area contributed by atoms with Crippen molar-refractivity contribution >= 4 is 11.6 Å². The van der Waals surface area contributed by atoms with Gasteiger partial charge >= 0.3 is 0 Å². The Hall–Kier alpha value is -2.88. The summed E-state index contributed by atoms with van der Waals surface area (Å²) in [5.74, 6) is -3.17. The molecule has 2 N–H and O–H groups in total. The molecule has 0 bridgehead atoms. The smallest absolute Gasteiger partial charge is 0.270 e. The van der Waals surface area contributed by atoms with Crippen LogP contribution < -0.4 is 5.32 Å². The number of aliphatic hydroxyl groups excluding tert-OH is 1. The number of hydrogen-bond acceptors (Lipinski definition) is 5. The molecule has 31 heavy (non-hydrogen) atoms. The Morgan fingerprint density at radius 3 is 2.74 bits per heavy atom. The Morgan fingerprint density at radius 1 is 1.32 bits per heavy atom. The van der Waals surface area contributed by atoms with Crippen molar-refractivity contribution in [3.63, 3.8) is 0 Å². The summed E-state index contributed by atoms with van der Waals surface area (Å²) in [6.07, 6.45) is 4.94. The molecule has 3 aromatic heterocycles. The lowest BCUT2D eigenvalue weighted by molar-refractivity contribution is -0.0495.